The minimum absolute atomic E-state index is 0.00354. The number of pyridine rings is 1. The van der Waals surface area contributed by atoms with E-state index in [0.717, 1.165) is 5.56 Å². The SMILES string of the molecule is Nc1c(S(=O)(=O)c2cccc(Cl)c2)c2nc3ccccc3nc2n1N=Cc1ccncc1. The lowest BCUT2D eigenvalue weighted by Gasteiger charge is -2.05. The lowest BCUT2D eigenvalue weighted by atomic mass is 10.3. The second kappa shape index (κ2) is 7.70. The Bertz CT molecular complexity index is 1610. The van der Waals surface area contributed by atoms with Gasteiger partial charge in [-0.25, -0.2) is 18.4 Å². The van der Waals surface area contributed by atoms with Crippen molar-refractivity contribution in [1.82, 2.24) is 19.6 Å². The number of nitrogen functional groups attached to an aromatic ring is 1. The lowest BCUT2D eigenvalue weighted by molar-refractivity contribution is 0.597. The molecule has 3 heterocycles. The molecule has 0 saturated heterocycles. The van der Waals surface area contributed by atoms with E-state index in [1.165, 1.54) is 16.8 Å². The number of hydrogen-bond acceptors (Lipinski definition) is 7. The molecule has 10 heteroatoms. The summed E-state index contributed by atoms with van der Waals surface area (Å²) in [6.07, 6.45) is 4.80. The first-order valence-corrected chi connectivity index (χ1v) is 11.3. The molecule has 2 N–H and O–H groups in total. The largest absolute Gasteiger partial charge is 0.382 e. The van der Waals surface area contributed by atoms with E-state index in [9.17, 15) is 8.42 Å². The van der Waals surface area contributed by atoms with Crippen molar-refractivity contribution >= 4 is 55.7 Å². The maximum Gasteiger partial charge on any atom is 0.212 e. The molecule has 0 unspecified atom stereocenters. The third kappa shape index (κ3) is 3.37. The zero-order chi connectivity index (χ0) is 22.3. The second-order valence-electron chi connectivity index (χ2n) is 6.90. The van der Waals surface area contributed by atoms with Gasteiger partial charge in [-0.15, -0.1) is 0 Å². The Labute approximate surface area is 187 Å². The van der Waals surface area contributed by atoms with Crippen LogP contribution < -0.4 is 5.73 Å². The molecule has 0 spiro atoms. The number of benzene rings is 2. The van der Waals surface area contributed by atoms with Crippen LogP contribution in [0.4, 0.5) is 5.82 Å². The number of nitrogens with zero attached hydrogens (tertiary/aromatic N) is 5. The van der Waals surface area contributed by atoms with Gasteiger partial charge < -0.3 is 5.73 Å². The first-order chi connectivity index (χ1) is 15.4. The van der Waals surface area contributed by atoms with E-state index in [0.29, 0.717) is 16.1 Å². The van der Waals surface area contributed by atoms with Crippen LogP contribution in [0.5, 0.6) is 0 Å². The molecule has 2 aromatic carbocycles. The molecule has 0 amide bonds. The van der Waals surface area contributed by atoms with Crippen LogP contribution in [0.2, 0.25) is 5.02 Å². The molecule has 0 aliphatic carbocycles. The number of fused-ring (bicyclic) bond motifs is 2. The van der Waals surface area contributed by atoms with Crippen LogP contribution in [0.15, 0.2) is 87.9 Å². The van der Waals surface area contributed by atoms with E-state index < -0.39 is 9.84 Å². The molecule has 8 nitrogen and oxygen atoms in total. The molecule has 0 bridgehead atoms. The summed E-state index contributed by atoms with van der Waals surface area (Å²) in [5.41, 5.74) is 8.60. The molecule has 0 aliphatic heterocycles. The fraction of sp³-hybridized carbons (Fsp3) is 0. The molecular formula is C22H15ClN6O2S. The van der Waals surface area contributed by atoms with Crippen LogP contribution in [-0.4, -0.2) is 34.3 Å². The van der Waals surface area contributed by atoms with Gasteiger partial charge in [0.05, 0.1) is 22.1 Å². The molecule has 0 fully saturated rings. The van der Waals surface area contributed by atoms with Gasteiger partial charge in [-0.1, -0.05) is 29.8 Å². The Balaban J connectivity index is 1.82. The van der Waals surface area contributed by atoms with Crippen LogP contribution in [-0.2, 0) is 9.84 Å². The van der Waals surface area contributed by atoms with E-state index >= 15 is 0 Å². The number of hydrogen-bond donors (Lipinski definition) is 1. The van der Waals surface area contributed by atoms with Crippen LogP contribution in [0.1, 0.15) is 5.56 Å². The van der Waals surface area contributed by atoms with Crippen LogP contribution >= 0.6 is 11.6 Å². The van der Waals surface area contributed by atoms with Gasteiger partial charge in [0.15, 0.2) is 5.65 Å². The molecule has 3 aromatic heterocycles. The minimum Gasteiger partial charge on any atom is -0.382 e. The number of para-hydroxylation sites is 2. The van der Waals surface area contributed by atoms with E-state index in [2.05, 4.69) is 20.1 Å². The molecule has 0 atom stereocenters. The fourth-order valence-corrected chi connectivity index (χ4v) is 5.11. The van der Waals surface area contributed by atoms with E-state index in [-0.39, 0.29) is 26.8 Å². The van der Waals surface area contributed by atoms with Crippen molar-refractivity contribution in [3.8, 4) is 0 Å². The van der Waals surface area contributed by atoms with Gasteiger partial charge in [0.1, 0.15) is 16.2 Å². The van der Waals surface area contributed by atoms with Crippen molar-refractivity contribution in [2.45, 2.75) is 9.79 Å². The molecule has 5 rings (SSSR count). The highest BCUT2D eigenvalue weighted by molar-refractivity contribution is 7.92. The van der Waals surface area contributed by atoms with Crippen LogP contribution in [0, 0.1) is 0 Å². The normalized spacial score (nSPS) is 12.2. The molecule has 0 radical (unpaired) electrons. The molecule has 32 heavy (non-hydrogen) atoms. The van der Waals surface area contributed by atoms with E-state index in [1.807, 2.05) is 6.07 Å². The van der Waals surface area contributed by atoms with Crippen molar-refractivity contribution in [3.05, 3.63) is 83.6 Å². The Morgan fingerprint density at radius 2 is 1.69 bits per heavy atom. The maximum absolute atomic E-state index is 13.6. The molecule has 158 valence electrons. The third-order valence-corrected chi connectivity index (χ3v) is 6.88. The number of halogens is 1. The van der Waals surface area contributed by atoms with E-state index in [4.69, 9.17) is 17.3 Å². The predicted molar refractivity (Wildman–Crippen MR) is 124 cm³/mol. The molecular weight excluding hydrogens is 448 g/mol. The first-order valence-electron chi connectivity index (χ1n) is 9.47. The summed E-state index contributed by atoms with van der Waals surface area (Å²) < 4.78 is 28.4. The number of rotatable bonds is 4. The fourth-order valence-electron chi connectivity index (χ4n) is 3.33. The lowest BCUT2D eigenvalue weighted by Crippen LogP contribution is -2.06. The number of sulfone groups is 1. The minimum atomic E-state index is -4.07. The highest BCUT2D eigenvalue weighted by Crippen LogP contribution is 2.35. The van der Waals surface area contributed by atoms with Crippen LogP contribution in [0.3, 0.4) is 0 Å². The Morgan fingerprint density at radius 1 is 0.969 bits per heavy atom. The standard InChI is InChI=1S/C22H15ClN6O2S/c23-15-4-3-5-16(12-15)32(30,31)20-19-22(28-18-7-2-1-6-17(18)27-19)29(21(20)24)26-13-14-8-10-25-11-9-14/h1-13H,24H2. The summed E-state index contributed by atoms with van der Waals surface area (Å²) in [6.45, 7) is 0. The van der Waals surface area contributed by atoms with Crippen LogP contribution in [0.25, 0.3) is 22.2 Å². The summed E-state index contributed by atoms with van der Waals surface area (Å²) in [6, 6.07) is 16.7. The van der Waals surface area contributed by atoms with E-state index in [1.54, 1.807) is 61.1 Å². The van der Waals surface area contributed by atoms with Crippen molar-refractivity contribution < 1.29 is 8.42 Å². The van der Waals surface area contributed by atoms with Crippen molar-refractivity contribution in [2.24, 2.45) is 5.10 Å². The number of nitrogens with two attached hydrogens (primary N) is 1. The highest BCUT2D eigenvalue weighted by atomic mass is 35.5. The van der Waals surface area contributed by atoms with Gasteiger partial charge in [-0.2, -0.15) is 9.78 Å². The molecule has 0 saturated carbocycles. The quantitative estimate of drug-likeness (QED) is 0.404. The Hall–Kier alpha value is -3.82. The zero-order valence-electron chi connectivity index (χ0n) is 16.4. The predicted octanol–water partition coefficient (Wildman–Crippen LogP) is 3.93. The zero-order valence-corrected chi connectivity index (χ0v) is 18.0. The summed E-state index contributed by atoms with van der Waals surface area (Å²) >= 11 is 6.04. The van der Waals surface area contributed by atoms with Gasteiger partial charge in [-0.05, 0) is 48.0 Å². The van der Waals surface area contributed by atoms with Gasteiger partial charge >= 0.3 is 0 Å². The van der Waals surface area contributed by atoms with Crippen molar-refractivity contribution in [1.29, 1.82) is 0 Å². The van der Waals surface area contributed by atoms with Gasteiger partial charge in [0, 0.05) is 17.4 Å². The summed E-state index contributed by atoms with van der Waals surface area (Å²) in [5, 5.41) is 4.69. The van der Waals surface area contributed by atoms with Gasteiger partial charge in [-0.3, -0.25) is 4.98 Å². The summed E-state index contributed by atoms with van der Waals surface area (Å²) in [5.74, 6) is -0.0967. The Kier molecular flexibility index (Phi) is 4.84. The monoisotopic (exact) mass is 462 g/mol. The van der Waals surface area contributed by atoms with Crippen molar-refractivity contribution in [3.63, 3.8) is 0 Å². The molecule has 5 aromatic rings. The first kappa shape index (κ1) is 20.1. The van der Waals surface area contributed by atoms with Crippen molar-refractivity contribution in [2.75, 3.05) is 5.73 Å². The Morgan fingerprint density at radius 3 is 2.41 bits per heavy atom. The summed E-state index contributed by atoms with van der Waals surface area (Å²) in [7, 11) is -4.07. The maximum atomic E-state index is 13.6. The third-order valence-electron chi connectivity index (χ3n) is 4.83. The van der Waals surface area contributed by atoms with Gasteiger partial charge in [0.25, 0.3) is 0 Å². The topological polar surface area (TPSA) is 116 Å². The van der Waals surface area contributed by atoms with Gasteiger partial charge in [0.2, 0.25) is 9.84 Å². The second-order valence-corrected chi connectivity index (χ2v) is 9.22. The summed E-state index contributed by atoms with van der Waals surface area (Å²) in [4.78, 5) is 13.0. The average Bonchev–Trinajstić information content (AvgIpc) is 3.07. The molecule has 0 aliphatic rings. The number of aromatic nitrogens is 4. The smallest absolute Gasteiger partial charge is 0.212 e. The average molecular weight is 463 g/mol. The highest BCUT2D eigenvalue weighted by Gasteiger charge is 2.30. The number of anilines is 1.